The van der Waals surface area contributed by atoms with E-state index in [4.69, 9.17) is 0 Å². The van der Waals surface area contributed by atoms with Gasteiger partial charge in [0.25, 0.3) is 0 Å². The number of hydrogen-bond donors (Lipinski definition) is 0. The Balaban J connectivity index is 0.575. The third-order valence-electron chi connectivity index (χ3n) is 74.4. The first-order valence-corrected chi connectivity index (χ1v) is 46.8. The zero-order chi connectivity index (χ0) is 52.8. The van der Waals surface area contributed by atoms with Gasteiger partial charge in [0.1, 0.15) is 0 Å². The minimum absolute atomic E-state index is 0.997. The third-order valence-corrected chi connectivity index (χ3v) is 74.4. The lowest BCUT2D eigenvalue weighted by Gasteiger charge is -3.43. The summed E-state index contributed by atoms with van der Waals surface area (Å²) in [5.41, 5.74) is 27.5. The van der Waals surface area contributed by atoms with Gasteiger partial charge in [-0.3, -0.25) is 0 Å². The zero-order valence-electron chi connectivity index (χ0n) is 52.8. The lowest BCUT2D eigenvalue weighted by Crippen LogP contribution is -3.42. The molecule has 0 N–H and O–H groups in total. The van der Waals surface area contributed by atoms with Gasteiger partial charge in [0.15, 0.2) is 0 Å². The van der Waals surface area contributed by atoms with Gasteiger partial charge < -0.3 is 0 Å². The van der Waals surface area contributed by atoms with E-state index in [1.54, 1.807) is 0 Å². The van der Waals surface area contributed by atoms with Crippen LogP contribution in [0.1, 0.15) is 25.7 Å². The molecule has 59 saturated carbocycles. The van der Waals surface area contributed by atoms with Crippen LogP contribution in [-0.4, -0.2) is 0 Å². The Hall–Kier alpha value is 0. The maximum Gasteiger partial charge on any atom is -0.00591 e. The molecule has 94 heavy (non-hydrogen) atoms. The smallest absolute Gasteiger partial charge is 0.00591 e. The summed E-state index contributed by atoms with van der Waals surface area (Å²) < 4.78 is 0. The molecule has 0 saturated heterocycles. The molecule has 0 amide bonds. The quantitative estimate of drug-likeness (QED) is 0.227. The van der Waals surface area contributed by atoms with Crippen molar-refractivity contribution < 1.29 is 0 Å². The molecule has 0 aromatic heterocycles. The number of fused-ring (bicyclic) bond motifs is 32. The molecular weight excluding hydrogens is 1130 g/mol. The van der Waals surface area contributed by atoms with Gasteiger partial charge in [-0.05, 0) is 545 Å². The van der Waals surface area contributed by atoms with Crippen LogP contribution in [0.15, 0.2) is 0 Å². The van der Waals surface area contributed by atoms with Crippen molar-refractivity contribution in [2.45, 2.75) is 25.7 Å². The highest BCUT2D eigenvalue weighted by Crippen LogP contribution is 3.49. The molecule has 89 unspecified atom stereocenters. The van der Waals surface area contributed by atoms with Crippen LogP contribution in [0.25, 0.3) is 0 Å². The fourth-order valence-electron chi connectivity index (χ4n) is 88.6. The van der Waals surface area contributed by atoms with Crippen LogP contribution in [0.4, 0.5) is 0 Å². The summed E-state index contributed by atoms with van der Waals surface area (Å²) in [6, 6.07) is 0. The summed E-state index contributed by atoms with van der Waals surface area (Å²) in [4.78, 5) is 0. The van der Waals surface area contributed by atoms with Crippen molar-refractivity contribution in [3.8, 4) is 0 Å². The molecule has 0 aromatic rings. The first-order chi connectivity index (χ1) is 46.8. The van der Waals surface area contributed by atoms with Crippen molar-refractivity contribution in [2.75, 3.05) is 0 Å². The van der Waals surface area contributed by atoms with Gasteiger partial charge in [-0.2, -0.15) is 0 Å². The van der Waals surface area contributed by atoms with Gasteiger partial charge in [-0.15, -0.1) is 0 Å². The second-order valence-corrected chi connectivity index (χ2v) is 58.5. The SMILES string of the molecule is C1C2CC3C4C5C6C7C8C9C%10C%11C%12C%13C%14C%15C%16C%17C%18C%19C%20C%21C%22CC%23C%24C%25C[C@@H]%26C%25C%25C%27C%28C(C%29C%28C%28C%29C%29C%30C%31C%32C%33C1C1C%34C2C32C%343C%34C%35C%36C%37C%38%39C%40C%41C%42C%43C%44C%45C%46C%47(C%48C%49C%50C%51C%52C%24C%23%22C%21%52C%20%51C%19%50C%18%49C%17%48C%16%47C%15%46C%14%45C%13%44C%12%43C%11%42C%10%41C9%40C8%38C7%37C6%36C5%35C4%342)C%28%29C%30C%31%39C%32C%3313)C%27C%25%26. The van der Waals surface area contributed by atoms with Gasteiger partial charge >= 0.3 is 0 Å². The van der Waals surface area contributed by atoms with Crippen LogP contribution >= 0.6 is 0 Å². The van der Waals surface area contributed by atoms with E-state index in [1.165, 1.54) is 379 Å². The van der Waals surface area contributed by atoms with E-state index in [1.807, 2.05) is 25.7 Å². The number of hydrogen-bond acceptors (Lipinski definition) is 0. The van der Waals surface area contributed by atoms with Gasteiger partial charge in [0.05, 0.1) is 0 Å². The van der Waals surface area contributed by atoms with Crippen molar-refractivity contribution in [1.29, 1.82) is 0 Å². The summed E-state index contributed by atoms with van der Waals surface area (Å²) in [6.07, 6.45) is 7.49. The van der Waals surface area contributed by atoms with Crippen LogP contribution in [0, 0.1) is 520 Å². The molecule has 0 aromatic carbocycles. The molecule has 59 rings (SSSR count). The Morgan fingerprint density at radius 1 is 0.138 bits per heavy atom. The maximum atomic E-state index is 1.90. The highest BCUT2D eigenvalue weighted by molar-refractivity contribution is 5.93. The van der Waals surface area contributed by atoms with Crippen molar-refractivity contribution in [1.82, 2.24) is 0 Å². The standard InChI is InChI=1S/C94H72/c1-5-2-11-29-36-39-48-56-51-46-43-41-42-45-50-55-49-44-38-35-28-10-4-9-13-6-3-7-12(6)15-14(7)16-17(15)19-18(16)20-21(19)30-22(20)31-24-32-23-26-8(1)27-34-25(5)73(11)85(34)64-60-61-68-90(48,84(39,61)80(36,60)86(29,64)73)94(56)89(51)67-59-54-47-53-58-66-88(50,82(45,58)78(42,53)76(41,47)79(43,54)83(46,59)89)93(55)87(49)65(91(66,93)71(30,31)63(24)72(32,92(67,68)94)62(23)70(26,27)85)57-52-40-37-33(13)69(9,10)74(28,37)75(35,40)77(38,52)81(44,57)87/h5-68H,1-4H2/t5?,6?,7-,8?,9?,10?,11?,12?,13?,14?,15?,16?,17?,18?,19?,20?,21?,22?,23?,24?,25?,26?,27?,28?,29?,30?,31?,32?,33?,34?,35?,36?,37?,38?,39?,40?,41?,42?,43?,44?,45?,46?,47?,48?,49?,50?,51?,52?,53?,54?,55?,56?,57?,58?,59?,60?,61?,62?,63?,64?,65?,66?,67?,68?,69?,70?,71?,72?,73?,74?,75?,76?,77?,78?,79?,80?,81?,82?,83?,84?,85?,86?,87?,88?,89?,90?,91?,92?,93?,94?/m1/s1. The van der Waals surface area contributed by atoms with E-state index in [0.29, 0.717) is 0 Å². The minimum Gasteiger partial charge on any atom is -0.0467 e. The fraction of sp³-hybridized carbons (Fsp3) is 1.00. The van der Waals surface area contributed by atoms with Crippen LogP contribution in [0.2, 0.25) is 0 Å². The Morgan fingerprint density at radius 3 is 1.19 bits per heavy atom. The Labute approximate surface area is 541 Å². The molecule has 0 bridgehead atoms. The van der Waals surface area contributed by atoms with Crippen LogP contribution in [0.5, 0.6) is 0 Å². The molecule has 59 fully saturated rings. The largest absolute Gasteiger partial charge is 0.0467 e. The zero-order valence-corrected chi connectivity index (χ0v) is 52.8. The minimum atomic E-state index is 0.997. The van der Waals surface area contributed by atoms with Crippen molar-refractivity contribution in [2.24, 2.45) is 520 Å². The predicted molar refractivity (Wildman–Crippen MR) is 305 cm³/mol. The molecule has 0 heterocycles. The summed E-state index contributed by atoms with van der Waals surface area (Å²) in [6.45, 7) is 0. The lowest BCUT2D eigenvalue weighted by molar-refractivity contribution is -0.984. The first kappa shape index (κ1) is 35.2. The molecule has 59 aliphatic carbocycles. The van der Waals surface area contributed by atoms with Crippen molar-refractivity contribution >= 4 is 0 Å². The summed E-state index contributed by atoms with van der Waals surface area (Å²) in [7, 11) is 0. The van der Waals surface area contributed by atoms with E-state index in [0.717, 1.165) is 141 Å². The average Bonchev–Trinajstić information content (AvgIpc) is 0.495. The molecule has 90 atom stereocenters. The van der Waals surface area contributed by atoms with Crippen molar-refractivity contribution in [3.05, 3.63) is 0 Å². The first-order valence-electron chi connectivity index (χ1n) is 46.8. The average molecular weight is 1200 g/mol. The van der Waals surface area contributed by atoms with E-state index in [-0.39, 0.29) is 0 Å². The van der Waals surface area contributed by atoms with Gasteiger partial charge in [0.2, 0.25) is 0 Å². The highest BCUT2D eigenvalue weighted by atomic mass is 15.5. The molecule has 26 spiro atoms. The molecule has 0 heteroatoms. The highest BCUT2D eigenvalue weighted by Gasteiger charge is 3.48. The Bertz CT molecular complexity index is 5960. The summed E-state index contributed by atoms with van der Waals surface area (Å²) in [5.74, 6) is 88.9. The topological polar surface area (TPSA) is 0 Å². The monoisotopic (exact) mass is 1200 g/mol. The summed E-state index contributed by atoms with van der Waals surface area (Å²) in [5, 5.41) is 0. The lowest BCUT2D eigenvalue weighted by atomic mass is 8.59. The van der Waals surface area contributed by atoms with E-state index in [2.05, 4.69) is 0 Å². The Kier molecular flexibility index (Phi) is 2.38. The normalized spacial score (nSPS) is 128. The second kappa shape index (κ2) is 6.35. The number of rotatable bonds is 0. The summed E-state index contributed by atoms with van der Waals surface area (Å²) >= 11 is 0. The molecular formula is C94H72. The van der Waals surface area contributed by atoms with Gasteiger partial charge in [-0.25, -0.2) is 0 Å². The molecule has 0 radical (unpaired) electrons. The second-order valence-electron chi connectivity index (χ2n) is 58.5. The third kappa shape index (κ3) is 1.12. The maximum absolute atomic E-state index is 1.90. The Morgan fingerprint density at radius 2 is 0.553 bits per heavy atom. The molecule has 0 nitrogen and oxygen atoms in total. The molecule has 59 aliphatic rings. The molecule has 0 aliphatic heterocycles. The van der Waals surface area contributed by atoms with Gasteiger partial charge in [0, 0.05) is 0 Å². The van der Waals surface area contributed by atoms with Gasteiger partial charge in [-0.1, -0.05) is 0 Å². The fourth-order valence-corrected chi connectivity index (χ4v) is 88.6. The van der Waals surface area contributed by atoms with Crippen LogP contribution < -0.4 is 0 Å². The van der Waals surface area contributed by atoms with E-state index in [9.17, 15) is 0 Å². The van der Waals surface area contributed by atoms with E-state index < -0.39 is 0 Å². The predicted octanol–water partition coefficient (Wildman–Crippen LogP) is 9.43. The van der Waals surface area contributed by atoms with E-state index >= 15 is 0 Å². The van der Waals surface area contributed by atoms with Crippen LogP contribution in [0.3, 0.4) is 0 Å². The van der Waals surface area contributed by atoms with Crippen LogP contribution in [-0.2, 0) is 0 Å². The van der Waals surface area contributed by atoms with Crippen molar-refractivity contribution in [3.63, 3.8) is 0 Å². The molecule has 448 valence electrons.